The zero-order valence-corrected chi connectivity index (χ0v) is 11.1. The largest absolute Gasteiger partial charge is 0.496 e. The van der Waals surface area contributed by atoms with Crippen molar-refractivity contribution in [2.24, 2.45) is 0 Å². The zero-order valence-electron chi connectivity index (χ0n) is 11.1. The van der Waals surface area contributed by atoms with Crippen LogP contribution < -0.4 is 10.4 Å². The van der Waals surface area contributed by atoms with E-state index < -0.39 is 0 Å². The molecule has 0 unspecified atom stereocenters. The average Bonchev–Trinajstić information content (AvgIpc) is 2.74. The molecule has 18 heavy (non-hydrogen) atoms. The highest BCUT2D eigenvalue weighted by Crippen LogP contribution is 2.34. The van der Waals surface area contributed by atoms with Gasteiger partial charge in [0.25, 0.3) is 0 Å². The van der Waals surface area contributed by atoms with Crippen LogP contribution in [0.15, 0.2) is 29.2 Å². The van der Waals surface area contributed by atoms with E-state index in [4.69, 9.17) is 4.74 Å². The minimum atomic E-state index is -0.196. The Morgan fingerprint density at radius 2 is 1.94 bits per heavy atom. The third-order valence-corrected chi connectivity index (χ3v) is 2.91. The van der Waals surface area contributed by atoms with Gasteiger partial charge in [0.15, 0.2) is 0 Å². The van der Waals surface area contributed by atoms with E-state index in [1.807, 2.05) is 12.1 Å². The van der Waals surface area contributed by atoms with E-state index >= 15 is 0 Å². The summed E-state index contributed by atoms with van der Waals surface area (Å²) < 4.78 is 5.39. The van der Waals surface area contributed by atoms with Crippen LogP contribution in [0.2, 0.25) is 0 Å². The van der Waals surface area contributed by atoms with Gasteiger partial charge in [0, 0.05) is 17.3 Å². The molecule has 0 radical (unpaired) electrons. The van der Waals surface area contributed by atoms with Crippen LogP contribution in [0.3, 0.4) is 0 Å². The molecule has 4 heteroatoms. The van der Waals surface area contributed by atoms with E-state index in [-0.39, 0.29) is 11.1 Å². The first-order chi connectivity index (χ1) is 8.41. The predicted molar refractivity (Wildman–Crippen MR) is 72.1 cm³/mol. The van der Waals surface area contributed by atoms with Crippen LogP contribution in [0.1, 0.15) is 26.3 Å². The topological polar surface area (TPSA) is 57.9 Å². The first-order valence-corrected chi connectivity index (χ1v) is 5.88. The number of hydrogen-bond donors (Lipinski definition) is 2. The van der Waals surface area contributed by atoms with Crippen molar-refractivity contribution >= 4 is 0 Å². The average molecular weight is 246 g/mol. The highest BCUT2D eigenvalue weighted by atomic mass is 16.5. The highest BCUT2D eigenvalue weighted by molar-refractivity contribution is 5.62. The number of H-pyrrole nitrogens is 2. The summed E-state index contributed by atoms with van der Waals surface area (Å²) in [6.07, 6.45) is 1.68. The smallest absolute Gasteiger partial charge is 0.323 e. The Bertz CT molecular complexity index is 603. The number of methoxy groups -OCH3 is 1. The van der Waals surface area contributed by atoms with E-state index in [0.29, 0.717) is 0 Å². The third kappa shape index (κ3) is 2.32. The molecule has 0 saturated heterocycles. The molecule has 1 heterocycles. The summed E-state index contributed by atoms with van der Waals surface area (Å²) in [5, 5.41) is 0. The van der Waals surface area contributed by atoms with Crippen LogP contribution >= 0.6 is 0 Å². The molecule has 2 rings (SSSR count). The summed E-state index contributed by atoms with van der Waals surface area (Å²) in [6.45, 7) is 6.40. The van der Waals surface area contributed by atoms with Gasteiger partial charge in [0.2, 0.25) is 0 Å². The molecule has 1 aromatic carbocycles. The number of aromatic amines is 2. The molecule has 0 amide bonds. The van der Waals surface area contributed by atoms with Crippen molar-refractivity contribution in [3.63, 3.8) is 0 Å². The molecular formula is C14H18N2O2. The Morgan fingerprint density at radius 3 is 2.44 bits per heavy atom. The summed E-state index contributed by atoms with van der Waals surface area (Å²) >= 11 is 0. The Labute approximate surface area is 106 Å². The lowest BCUT2D eigenvalue weighted by Gasteiger charge is -2.22. The van der Waals surface area contributed by atoms with Gasteiger partial charge in [-0.3, -0.25) is 0 Å². The van der Waals surface area contributed by atoms with Crippen LogP contribution in [0, 0.1) is 0 Å². The fourth-order valence-corrected chi connectivity index (χ4v) is 1.95. The van der Waals surface area contributed by atoms with Crippen molar-refractivity contribution in [1.29, 1.82) is 0 Å². The monoisotopic (exact) mass is 246 g/mol. The Kier molecular flexibility index (Phi) is 3.03. The van der Waals surface area contributed by atoms with Gasteiger partial charge in [-0.2, -0.15) is 0 Å². The van der Waals surface area contributed by atoms with E-state index in [1.165, 1.54) is 0 Å². The molecule has 0 fully saturated rings. The molecule has 4 nitrogen and oxygen atoms in total. The molecule has 2 N–H and O–H groups in total. The van der Waals surface area contributed by atoms with Crippen molar-refractivity contribution in [2.45, 2.75) is 26.2 Å². The fourth-order valence-electron chi connectivity index (χ4n) is 1.95. The normalized spacial score (nSPS) is 11.6. The first-order valence-electron chi connectivity index (χ1n) is 5.88. The van der Waals surface area contributed by atoms with E-state index in [9.17, 15) is 4.79 Å². The number of benzene rings is 1. The maximum Gasteiger partial charge on any atom is 0.323 e. The van der Waals surface area contributed by atoms with Crippen LogP contribution in [0.4, 0.5) is 0 Å². The number of imidazole rings is 1. The molecule has 0 bridgehead atoms. The summed E-state index contributed by atoms with van der Waals surface area (Å²) in [5.41, 5.74) is 2.66. The fraction of sp³-hybridized carbons (Fsp3) is 0.357. The standard InChI is InChI=1S/C14H18N2O2/c1-14(2,3)10-7-9(5-6-12(10)18-4)11-8-15-13(17)16-11/h5-8H,1-4H3,(H2,15,16,17). The van der Waals surface area contributed by atoms with Gasteiger partial charge in [-0.25, -0.2) is 4.79 Å². The van der Waals surface area contributed by atoms with Crippen LogP contribution in [0.5, 0.6) is 5.75 Å². The molecule has 96 valence electrons. The predicted octanol–water partition coefficient (Wildman–Crippen LogP) is 2.68. The number of ether oxygens (including phenoxy) is 1. The van der Waals surface area contributed by atoms with Crippen LogP contribution in [0.25, 0.3) is 11.3 Å². The van der Waals surface area contributed by atoms with Gasteiger partial charge in [0.05, 0.1) is 12.8 Å². The maximum absolute atomic E-state index is 11.1. The lowest BCUT2D eigenvalue weighted by atomic mass is 9.85. The number of rotatable bonds is 2. The molecule has 0 aliphatic carbocycles. The van der Waals surface area contributed by atoms with Gasteiger partial charge >= 0.3 is 5.69 Å². The lowest BCUT2D eigenvalue weighted by molar-refractivity contribution is 0.397. The minimum absolute atomic E-state index is 0.0159. The number of hydrogen-bond acceptors (Lipinski definition) is 2. The van der Waals surface area contributed by atoms with E-state index in [1.54, 1.807) is 13.3 Å². The Hall–Kier alpha value is -1.97. The molecule has 1 aromatic heterocycles. The first kappa shape index (κ1) is 12.5. The summed E-state index contributed by atoms with van der Waals surface area (Å²) in [4.78, 5) is 16.5. The molecule has 0 spiro atoms. The summed E-state index contributed by atoms with van der Waals surface area (Å²) in [5.74, 6) is 0.865. The van der Waals surface area contributed by atoms with Gasteiger partial charge in [-0.05, 0) is 23.6 Å². The summed E-state index contributed by atoms with van der Waals surface area (Å²) in [6, 6.07) is 5.92. The Balaban J connectivity index is 2.56. The van der Waals surface area contributed by atoms with Gasteiger partial charge in [-0.15, -0.1) is 0 Å². The SMILES string of the molecule is COc1ccc(-c2c[nH]c(=O)[nH]2)cc1C(C)(C)C. The summed E-state index contributed by atoms with van der Waals surface area (Å²) in [7, 11) is 1.67. The van der Waals surface area contributed by atoms with Crippen molar-refractivity contribution in [3.8, 4) is 17.0 Å². The second kappa shape index (κ2) is 4.37. The van der Waals surface area contributed by atoms with Crippen LogP contribution in [-0.4, -0.2) is 17.1 Å². The second-order valence-electron chi connectivity index (χ2n) is 5.32. The Morgan fingerprint density at radius 1 is 1.22 bits per heavy atom. The molecule has 0 atom stereocenters. The van der Waals surface area contributed by atoms with Crippen molar-refractivity contribution in [2.75, 3.05) is 7.11 Å². The lowest BCUT2D eigenvalue weighted by Crippen LogP contribution is -2.13. The number of nitrogens with one attached hydrogen (secondary N) is 2. The van der Waals surface area contributed by atoms with Gasteiger partial charge in [0.1, 0.15) is 5.75 Å². The second-order valence-corrected chi connectivity index (χ2v) is 5.32. The third-order valence-electron chi connectivity index (χ3n) is 2.91. The quantitative estimate of drug-likeness (QED) is 0.856. The molecule has 0 aliphatic heterocycles. The molecule has 0 aliphatic rings. The number of aromatic nitrogens is 2. The van der Waals surface area contributed by atoms with Crippen LogP contribution in [-0.2, 0) is 5.41 Å². The van der Waals surface area contributed by atoms with E-state index in [0.717, 1.165) is 22.6 Å². The maximum atomic E-state index is 11.1. The van der Waals surface area contributed by atoms with E-state index in [2.05, 4.69) is 36.8 Å². The van der Waals surface area contributed by atoms with Gasteiger partial charge in [-0.1, -0.05) is 20.8 Å². The molecule has 0 saturated carbocycles. The molecular weight excluding hydrogens is 228 g/mol. The van der Waals surface area contributed by atoms with Gasteiger partial charge < -0.3 is 14.7 Å². The minimum Gasteiger partial charge on any atom is -0.496 e. The van der Waals surface area contributed by atoms with Crippen molar-refractivity contribution in [1.82, 2.24) is 9.97 Å². The van der Waals surface area contributed by atoms with Crippen molar-refractivity contribution < 1.29 is 4.74 Å². The zero-order chi connectivity index (χ0) is 13.3. The highest BCUT2D eigenvalue weighted by Gasteiger charge is 2.19. The molecule has 2 aromatic rings. The van der Waals surface area contributed by atoms with Crippen molar-refractivity contribution in [3.05, 3.63) is 40.4 Å².